The molecular formula is C15H11BrFN5O6. The molecule has 2 aromatic heterocycles. The molecule has 0 aliphatic rings. The lowest BCUT2D eigenvalue weighted by Gasteiger charge is -2.05. The highest BCUT2D eigenvalue weighted by molar-refractivity contribution is 9.10. The van der Waals surface area contributed by atoms with Crippen LogP contribution in [0.2, 0.25) is 0 Å². The third-order valence-electron chi connectivity index (χ3n) is 3.60. The molecular weight excluding hydrogens is 445 g/mol. The summed E-state index contributed by atoms with van der Waals surface area (Å²) >= 11 is 3.04. The molecule has 0 aliphatic carbocycles. The Bertz CT molecular complexity index is 1090. The van der Waals surface area contributed by atoms with Crippen LogP contribution in [0.25, 0.3) is 17.2 Å². The summed E-state index contributed by atoms with van der Waals surface area (Å²) in [5.41, 5.74) is 0.709. The molecule has 13 heteroatoms. The number of amides is 1. The van der Waals surface area contributed by atoms with Crippen molar-refractivity contribution in [1.29, 1.82) is 0 Å². The van der Waals surface area contributed by atoms with Gasteiger partial charge in [0.05, 0.1) is 10.2 Å². The molecule has 2 heterocycles. The first-order chi connectivity index (χ1) is 13.4. The lowest BCUT2D eigenvalue weighted by molar-refractivity contribution is -0.150. The summed E-state index contributed by atoms with van der Waals surface area (Å²) in [6.45, 7) is 0.0773. The van der Waals surface area contributed by atoms with E-state index >= 15 is 0 Å². The zero-order valence-electron chi connectivity index (χ0n) is 13.9. The molecule has 0 saturated heterocycles. The van der Waals surface area contributed by atoms with E-state index in [0.717, 1.165) is 10.6 Å². The highest BCUT2D eigenvalue weighted by Crippen LogP contribution is 2.24. The van der Waals surface area contributed by atoms with Crippen LogP contribution in [0.3, 0.4) is 0 Å². The van der Waals surface area contributed by atoms with Crippen molar-refractivity contribution in [3.8, 4) is 17.2 Å². The van der Waals surface area contributed by atoms with Crippen LogP contribution in [0.1, 0.15) is 12.1 Å². The molecule has 3 aromatic rings. The number of carboxylic acids is 1. The van der Waals surface area contributed by atoms with Crippen molar-refractivity contribution < 1.29 is 28.2 Å². The molecule has 0 radical (unpaired) electrons. The first-order valence-electron chi connectivity index (χ1n) is 7.75. The summed E-state index contributed by atoms with van der Waals surface area (Å²) in [4.78, 5) is 33.5. The first kappa shape index (κ1) is 19.4. The predicted molar refractivity (Wildman–Crippen MR) is 92.0 cm³/mol. The maximum Gasteiger partial charge on any atom is 0.446 e. The number of aliphatic carboxylic acids is 1. The Balaban J connectivity index is 1.83. The van der Waals surface area contributed by atoms with Crippen LogP contribution in [-0.2, 0) is 16.0 Å². The monoisotopic (exact) mass is 455 g/mol. The fourth-order valence-electron chi connectivity index (χ4n) is 2.33. The number of aromatic nitrogens is 4. The topological polar surface area (TPSA) is 153 Å². The Kier molecular flexibility index (Phi) is 5.63. The van der Waals surface area contributed by atoms with E-state index in [1.165, 1.54) is 12.1 Å². The Morgan fingerprint density at radius 2 is 2.07 bits per heavy atom. The van der Waals surface area contributed by atoms with Gasteiger partial charge in [-0.2, -0.15) is 0 Å². The molecule has 1 aromatic carbocycles. The molecule has 0 aliphatic heterocycles. The summed E-state index contributed by atoms with van der Waals surface area (Å²) in [7, 11) is 0. The number of nitrogens with one attached hydrogen (secondary N) is 1. The Morgan fingerprint density at radius 3 is 2.79 bits per heavy atom. The summed E-state index contributed by atoms with van der Waals surface area (Å²) in [6, 6.07) is 3.89. The maximum atomic E-state index is 13.5. The quantitative estimate of drug-likeness (QED) is 0.407. The minimum atomic E-state index is -1.58. The third kappa shape index (κ3) is 3.98. The molecule has 0 saturated carbocycles. The number of rotatable bonds is 6. The lowest BCUT2D eigenvalue weighted by atomic mass is 10.2. The minimum absolute atomic E-state index is 0.00525. The van der Waals surface area contributed by atoms with Gasteiger partial charge in [-0.15, -0.1) is 0 Å². The average Bonchev–Trinajstić information content (AvgIpc) is 3.27. The van der Waals surface area contributed by atoms with Gasteiger partial charge in [-0.1, -0.05) is 10.3 Å². The smallest absolute Gasteiger partial charge is 0.446 e. The van der Waals surface area contributed by atoms with E-state index in [-0.39, 0.29) is 34.6 Å². The highest BCUT2D eigenvalue weighted by atomic mass is 79.9. The molecule has 146 valence electrons. The molecule has 0 bridgehead atoms. The second kappa shape index (κ2) is 8.12. The highest BCUT2D eigenvalue weighted by Gasteiger charge is 2.23. The van der Waals surface area contributed by atoms with Crippen LogP contribution in [-0.4, -0.2) is 43.6 Å². The second-order valence-corrected chi connectivity index (χ2v) is 6.28. The zero-order valence-corrected chi connectivity index (χ0v) is 15.5. The van der Waals surface area contributed by atoms with E-state index in [2.05, 4.69) is 36.7 Å². The summed E-state index contributed by atoms with van der Waals surface area (Å²) < 4.78 is 24.1. The van der Waals surface area contributed by atoms with Gasteiger partial charge in [0.2, 0.25) is 5.82 Å². The molecule has 3 rings (SSSR count). The number of aryl methyl sites for hydroxylation is 1. The molecule has 11 nitrogen and oxygen atoms in total. The zero-order chi connectivity index (χ0) is 20.3. The summed E-state index contributed by atoms with van der Waals surface area (Å²) in [5, 5.41) is 21.9. The van der Waals surface area contributed by atoms with E-state index in [0.29, 0.717) is 12.1 Å². The maximum absolute atomic E-state index is 13.5. The lowest BCUT2D eigenvalue weighted by Crippen LogP contribution is -2.31. The Hall–Kier alpha value is -3.35. The van der Waals surface area contributed by atoms with Crippen LogP contribution >= 0.6 is 15.9 Å². The van der Waals surface area contributed by atoms with Crippen molar-refractivity contribution in [2.24, 2.45) is 0 Å². The van der Waals surface area contributed by atoms with Gasteiger partial charge in [0.1, 0.15) is 11.5 Å². The van der Waals surface area contributed by atoms with Gasteiger partial charge >= 0.3 is 17.6 Å². The molecule has 2 N–H and O–H groups in total. The van der Waals surface area contributed by atoms with E-state index < -0.39 is 23.4 Å². The van der Waals surface area contributed by atoms with Crippen LogP contribution in [0.4, 0.5) is 4.39 Å². The van der Waals surface area contributed by atoms with Gasteiger partial charge < -0.3 is 10.4 Å². The molecule has 1 amide bonds. The third-order valence-corrected chi connectivity index (χ3v) is 4.21. The van der Waals surface area contributed by atoms with Crippen molar-refractivity contribution in [2.75, 3.05) is 6.54 Å². The fourth-order valence-corrected chi connectivity index (χ4v) is 2.69. The number of carbonyl (C=O) groups excluding carboxylic acids is 1. The molecule has 28 heavy (non-hydrogen) atoms. The minimum Gasteiger partial charge on any atom is -0.474 e. The van der Waals surface area contributed by atoms with E-state index in [1.54, 1.807) is 0 Å². The number of carboxylic acid groups (broad SMARTS) is 1. The Labute approximate surface area is 163 Å². The van der Waals surface area contributed by atoms with Crippen molar-refractivity contribution in [2.45, 2.75) is 12.8 Å². The van der Waals surface area contributed by atoms with Gasteiger partial charge in [0.15, 0.2) is 5.69 Å². The van der Waals surface area contributed by atoms with Gasteiger partial charge in [0, 0.05) is 6.54 Å². The normalized spacial score (nSPS) is 10.8. The summed E-state index contributed by atoms with van der Waals surface area (Å²) in [5.74, 6) is -4.04. The van der Waals surface area contributed by atoms with Crippen molar-refractivity contribution in [3.05, 3.63) is 44.7 Å². The molecule has 0 fully saturated rings. The van der Waals surface area contributed by atoms with Crippen molar-refractivity contribution in [1.82, 2.24) is 25.4 Å². The number of carbonyl (C=O) groups is 2. The standard InChI is InChI=1S/C15H11BrFN5O6/c16-8-6-7(3-4-9(8)17)22-12(21-27-15(22)26)11-10(19-28-20-11)2-1-5-18-13(23)14(24)25/h3-4,6H,1-2,5H2,(H,18,23)(H,24,25). The molecule has 0 unspecified atom stereocenters. The average molecular weight is 456 g/mol. The van der Waals surface area contributed by atoms with Gasteiger partial charge in [-0.05, 0) is 52.1 Å². The predicted octanol–water partition coefficient (Wildman–Crippen LogP) is 0.910. The fraction of sp³-hybridized carbons (Fsp3) is 0.200. The molecule has 0 spiro atoms. The number of nitrogens with zero attached hydrogens (tertiary/aromatic N) is 4. The number of halogens is 2. The largest absolute Gasteiger partial charge is 0.474 e. The van der Waals surface area contributed by atoms with E-state index in [1.807, 2.05) is 0 Å². The molecule has 0 atom stereocenters. The van der Waals surface area contributed by atoms with Crippen molar-refractivity contribution in [3.63, 3.8) is 0 Å². The number of hydrogen-bond donors (Lipinski definition) is 2. The Morgan fingerprint density at radius 1 is 1.29 bits per heavy atom. The second-order valence-electron chi connectivity index (χ2n) is 5.43. The van der Waals surface area contributed by atoms with E-state index in [4.69, 9.17) is 14.3 Å². The van der Waals surface area contributed by atoms with Crippen LogP contribution in [0.5, 0.6) is 0 Å². The van der Waals surface area contributed by atoms with Crippen molar-refractivity contribution >= 4 is 27.8 Å². The first-order valence-corrected chi connectivity index (χ1v) is 8.55. The number of hydrogen-bond acceptors (Lipinski definition) is 8. The summed E-state index contributed by atoms with van der Waals surface area (Å²) in [6.07, 6.45) is 0.567. The van der Waals surface area contributed by atoms with Crippen LogP contribution < -0.4 is 11.1 Å². The van der Waals surface area contributed by atoms with Crippen LogP contribution in [0.15, 0.2) is 36.6 Å². The van der Waals surface area contributed by atoms with Gasteiger partial charge in [-0.25, -0.2) is 23.2 Å². The van der Waals surface area contributed by atoms with Gasteiger partial charge in [-0.3, -0.25) is 9.32 Å². The number of benzene rings is 1. The van der Waals surface area contributed by atoms with E-state index in [9.17, 15) is 18.8 Å². The van der Waals surface area contributed by atoms with Crippen LogP contribution in [0, 0.1) is 5.82 Å². The SMILES string of the molecule is O=C(O)C(=O)NCCCc1nonc1-c1noc(=O)n1-c1ccc(F)c(Br)c1. The van der Waals surface area contributed by atoms with Gasteiger partial charge in [0.25, 0.3) is 0 Å².